The molecule has 2 atom stereocenters. The predicted molar refractivity (Wildman–Crippen MR) is 80.9 cm³/mol. The van der Waals surface area contributed by atoms with E-state index in [1.54, 1.807) is 0 Å². The van der Waals surface area contributed by atoms with Gasteiger partial charge in [0.05, 0.1) is 0 Å². The van der Waals surface area contributed by atoms with Crippen molar-refractivity contribution in [2.75, 3.05) is 17.2 Å². The zero-order chi connectivity index (χ0) is 13.3. The summed E-state index contributed by atoms with van der Waals surface area (Å²) >= 11 is 2.02. The normalized spacial score (nSPS) is 24.1. The molecule has 1 aromatic rings. The summed E-state index contributed by atoms with van der Waals surface area (Å²) in [6.45, 7) is 7.58. The number of nitrogen functional groups attached to an aromatic ring is 1. The first-order chi connectivity index (χ1) is 8.50. The molecular weight excluding hydrogens is 242 g/mol. The minimum Gasteiger partial charge on any atom is -0.384 e. The van der Waals surface area contributed by atoms with Crippen LogP contribution < -0.4 is 10.6 Å². The van der Waals surface area contributed by atoms with Crippen LogP contribution in [0, 0.1) is 12.3 Å². The molecule has 0 bridgehead atoms. The minimum atomic E-state index is 0.159. The molecule has 1 heterocycles. The number of aryl methyl sites for hydroxylation is 1. The van der Waals surface area contributed by atoms with Crippen molar-refractivity contribution in [3.05, 3.63) is 29.3 Å². The van der Waals surface area contributed by atoms with E-state index in [4.69, 9.17) is 11.1 Å². The SMILES string of the molecule is Cc1ccc(N2CCSC(C)C2C)c(C(=N)N)c1. The number of hydrogen-bond donors (Lipinski definition) is 2. The third-order valence-corrected chi connectivity index (χ3v) is 4.97. The molecule has 0 aliphatic carbocycles. The van der Waals surface area contributed by atoms with Crippen molar-refractivity contribution in [1.29, 1.82) is 5.41 Å². The fourth-order valence-corrected chi connectivity index (χ4v) is 3.49. The molecule has 0 amide bonds. The van der Waals surface area contributed by atoms with Crippen LogP contribution in [-0.4, -0.2) is 29.4 Å². The third-order valence-electron chi connectivity index (χ3n) is 3.64. The number of amidine groups is 1. The second-order valence-electron chi connectivity index (χ2n) is 4.94. The summed E-state index contributed by atoms with van der Waals surface area (Å²) in [7, 11) is 0. The molecule has 98 valence electrons. The van der Waals surface area contributed by atoms with E-state index < -0.39 is 0 Å². The molecule has 1 saturated heterocycles. The summed E-state index contributed by atoms with van der Waals surface area (Å²) in [5, 5.41) is 8.36. The quantitative estimate of drug-likeness (QED) is 0.637. The van der Waals surface area contributed by atoms with Crippen molar-refractivity contribution in [2.24, 2.45) is 5.73 Å². The Bertz CT molecular complexity index is 458. The van der Waals surface area contributed by atoms with Gasteiger partial charge in [-0.2, -0.15) is 11.8 Å². The Morgan fingerprint density at radius 3 is 2.83 bits per heavy atom. The largest absolute Gasteiger partial charge is 0.384 e. The van der Waals surface area contributed by atoms with Crippen molar-refractivity contribution < 1.29 is 0 Å². The first kappa shape index (κ1) is 13.3. The van der Waals surface area contributed by atoms with E-state index in [1.807, 2.05) is 24.8 Å². The highest BCUT2D eigenvalue weighted by Crippen LogP contribution is 2.31. The molecule has 1 aromatic carbocycles. The fourth-order valence-electron chi connectivity index (χ4n) is 2.39. The molecule has 3 nitrogen and oxygen atoms in total. The molecule has 2 unspecified atom stereocenters. The summed E-state index contributed by atoms with van der Waals surface area (Å²) in [4.78, 5) is 2.39. The van der Waals surface area contributed by atoms with Crippen LogP contribution >= 0.6 is 11.8 Å². The van der Waals surface area contributed by atoms with Gasteiger partial charge in [0.1, 0.15) is 5.84 Å². The smallest absolute Gasteiger partial charge is 0.124 e. The average Bonchev–Trinajstić information content (AvgIpc) is 2.33. The van der Waals surface area contributed by atoms with Gasteiger partial charge in [0, 0.05) is 34.8 Å². The predicted octanol–water partition coefficient (Wildman–Crippen LogP) is 2.61. The maximum absolute atomic E-state index is 7.75. The molecule has 1 aliphatic rings. The minimum absolute atomic E-state index is 0.159. The summed E-state index contributed by atoms with van der Waals surface area (Å²) < 4.78 is 0. The monoisotopic (exact) mass is 263 g/mol. The van der Waals surface area contributed by atoms with E-state index >= 15 is 0 Å². The molecule has 1 aliphatic heterocycles. The van der Waals surface area contributed by atoms with Crippen molar-refractivity contribution in [3.8, 4) is 0 Å². The Morgan fingerprint density at radius 2 is 2.17 bits per heavy atom. The second-order valence-corrected chi connectivity index (χ2v) is 6.43. The topological polar surface area (TPSA) is 53.1 Å². The van der Waals surface area contributed by atoms with Crippen LogP contribution in [0.3, 0.4) is 0 Å². The number of nitrogens with zero attached hydrogens (tertiary/aromatic N) is 1. The van der Waals surface area contributed by atoms with Crippen LogP contribution in [0.15, 0.2) is 18.2 Å². The van der Waals surface area contributed by atoms with Crippen LogP contribution in [0.4, 0.5) is 5.69 Å². The summed E-state index contributed by atoms with van der Waals surface area (Å²) in [6, 6.07) is 6.69. The Balaban J connectivity index is 2.40. The van der Waals surface area contributed by atoms with Crippen molar-refractivity contribution in [2.45, 2.75) is 32.1 Å². The molecule has 18 heavy (non-hydrogen) atoms. The van der Waals surface area contributed by atoms with Gasteiger partial charge in [-0.15, -0.1) is 0 Å². The highest BCUT2D eigenvalue weighted by Gasteiger charge is 2.27. The highest BCUT2D eigenvalue weighted by molar-refractivity contribution is 8.00. The lowest BCUT2D eigenvalue weighted by atomic mass is 10.1. The van der Waals surface area contributed by atoms with Crippen molar-refractivity contribution in [3.63, 3.8) is 0 Å². The first-order valence-electron chi connectivity index (χ1n) is 6.34. The number of hydrogen-bond acceptors (Lipinski definition) is 3. The van der Waals surface area contributed by atoms with Crippen LogP contribution in [0.5, 0.6) is 0 Å². The van der Waals surface area contributed by atoms with Crippen LogP contribution in [-0.2, 0) is 0 Å². The standard InChI is InChI=1S/C14H21N3S/c1-9-4-5-13(12(8-9)14(15)16)17-6-7-18-11(3)10(17)2/h4-5,8,10-11H,6-7H2,1-3H3,(H3,15,16). The highest BCUT2D eigenvalue weighted by atomic mass is 32.2. The van der Waals surface area contributed by atoms with Crippen molar-refractivity contribution >= 4 is 23.3 Å². The van der Waals surface area contributed by atoms with Crippen molar-refractivity contribution in [1.82, 2.24) is 0 Å². The fraction of sp³-hybridized carbons (Fsp3) is 0.500. The molecule has 0 spiro atoms. The Hall–Kier alpha value is -1.16. The van der Waals surface area contributed by atoms with E-state index in [-0.39, 0.29) is 5.84 Å². The molecule has 0 radical (unpaired) electrons. The van der Waals surface area contributed by atoms with Gasteiger partial charge >= 0.3 is 0 Å². The molecule has 0 aromatic heterocycles. The van der Waals surface area contributed by atoms with Crippen LogP contribution in [0.1, 0.15) is 25.0 Å². The van der Waals surface area contributed by atoms with E-state index in [2.05, 4.69) is 30.9 Å². The number of thioether (sulfide) groups is 1. The van der Waals surface area contributed by atoms with Gasteiger partial charge in [-0.05, 0) is 26.0 Å². The third kappa shape index (κ3) is 2.48. The van der Waals surface area contributed by atoms with Gasteiger partial charge in [0.25, 0.3) is 0 Å². The van der Waals surface area contributed by atoms with E-state index in [9.17, 15) is 0 Å². The average molecular weight is 263 g/mol. The van der Waals surface area contributed by atoms with Gasteiger partial charge < -0.3 is 10.6 Å². The van der Waals surface area contributed by atoms with E-state index in [0.29, 0.717) is 11.3 Å². The maximum atomic E-state index is 7.75. The number of anilines is 1. The number of nitrogens with two attached hydrogens (primary N) is 1. The molecule has 0 saturated carbocycles. The Morgan fingerprint density at radius 1 is 1.44 bits per heavy atom. The van der Waals surface area contributed by atoms with Gasteiger partial charge in [-0.25, -0.2) is 0 Å². The lowest BCUT2D eigenvalue weighted by Crippen LogP contribution is -2.45. The number of rotatable bonds is 2. The van der Waals surface area contributed by atoms with Crippen LogP contribution in [0.25, 0.3) is 0 Å². The van der Waals surface area contributed by atoms with E-state index in [1.165, 1.54) is 0 Å². The van der Waals surface area contributed by atoms with Gasteiger partial charge in [0.15, 0.2) is 0 Å². The lowest BCUT2D eigenvalue weighted by molar-refractivity contribution is 0.627. The zero-order valence-electron chi connectivity index (χ0n) is 11.2. The molecule has 4 heteroatoms. The first-order valence-corrected chi connectivity index (χ1v) is 7.39. The lowest BCUT2D eigenvalue weighted by Gasteiger charge is -2.40. The Labute approximate surface area is 113 Å². The van der Waals surface area contributed by atoms with E-state index in [0.717, 1.165) is 29.1 Å². The summed E-state index contributed by atoms with van der Waals surface area (Å²) in [6.07, 6.45) is 0. The molecule has 2 rings (SSSR count). The van der Waals surface area contributed by atoms with Gasteiger partial charge in [-0.3, -0.25) is 5.41 Å². The zero-order valence-corrected chi connectivity index (χ0v) is 12.1. The van der Waals surface area contributed by atoms with Gasteiger partial charge in [0.2, 0.25) is 0 Å². The second kappa shape index (κ2) is 5.22. The maximum Gasteiger partial charge on any atom is 0.124 e. The number of nitrogens with one attached hydrogen (secondary N) is 1. The van der Waals surface area contributed by atoms with Crippen LogP contribution in [0.2, 0.25) is 0 Å². The summed E-state index contributed by atoms with van der Waals surface area (Å²) in [5.41, 5.74) is 8.84. The Kier molecular flexibility index (Phi) is 3.85. The molecule has 3 N–H and O–H groups in total. The number of benzene rings is 1. The summed E-state index contributed by atoms with van der Waals surface area (Å²) in [5.74, 6) is 1.29. The van der Waals surface area contributed by atoms with Gasteiger partial charge in [-0.1, -0.05) is 18.6 Å². The molecule has 1 fully saturated rings. The molecular formula is C14H21N3S.